The second kappa shape index (κ2) is 31.4. The number of H-pyrrole nitrogens is 4. The van der Waals surface area contributed by atoms with Crippen molar-refractivity contribution in [3.63, 3.8) is 0 Å². The number of thioether (sulfide) groups is 4. The summed E-state index contributed by atoms with van der Waals surface area (Å²) in [4.78, 5) is 35.7. The van der Waals surface area contributed by atoms with Crippen LogP contribution in [0, 0.1) is 0 Å². The molecule has 3 aromatic heterocycles. The van der Waals surface area contributed by atoms with Gasteiger partial charge < -0.3 is 5.10 Å². The van der Waals surface area contributed by atoms with Gasteiger partial charge in [0.05, 0.1) is 112 Å². The van der Waals surface area contributed by atoms with E-state index in [0.29, 0.717) is 58.3 Å². The molecule has 0 bridgehead atoms. The average Bonchev–Trinajstić information content (AvgIpc) is 4.18. The van der Waals surface area contributed by atoms with Gasteiger partial charge in [0.25, 0.3) is 16.7 Å². The van der Waals surface area contributed by atoms with Crippen molar-refractivity contribution < 1.29 is 0 Å². The summed E-state index contributed by atoms with van der Waals surface area (Å²) >= 11 is 126. The standard InChI is InChI=1S/C13H11Cl5N2S.2C11H7Cl5N2OS.C10H5Cl5N2OS/c1-6-4-7(20(3)19(6)2)5-21-13-11(17)9(15)8(14)10(16)12(13)18;1-18-4(2-5(19)17-18)3-20-11-9(15)7(13)6(12)8(14)10(11)16;1-18-5(19)2-4(17-18)3-20-11-9(15)7(13)6(12)8(14)10(11)16;11-5-6(12)8(14)10(9(15)7(5)13)19-2-3-1-4(18)17-16-3/h4H,1,5H2,2-3H3;2H,3H2,1H3,(H,17,19);2,17H,3H2,1H3;1H,2H2,(H2,16,17,18). The quantitative estimate of drug-likeness (QED) is 0.0537. The summed E-state index contributed by atoms with van der Waals surface area (Å²) in [7, 11) is 7.26. The second-order valence-corrected chi connectivity index (χ2v) is 27.1. The zero-order valence-electron chi connectivity index (χ0n) is 40.1. The van der Waals surface area contributed by atoms with Crippen LogP contribution < -0.4 is 16.7 Å². The minimum Gasteiger partial charge on any atom is -0.301 e. The van der Waals surface area contributed by atoms with Crippen molar-refractivity contribution in [1.82, 2.24) is 39.8 Å². The zero-order chi connectivity index (χ0) is 60.1. The monoisotopic (exact) mass is 1560 g/mol. The molecule has 0 aliphatic carbocycles. The molecule has 11 nitrogen and oxygen atoms in total. The molecule has 0 fully saturated rings. The van der Waals surface area contributed by atoms with Gasteiger partial charge in [0, 0.05) is 106 Å². The summed E-state index contributed by atoms with van der Waals surface area (Å²) in [6.45, 7) is 3.95. The van der Waals surface area contributed by atoms with Crippen LogP contribution >= 0.6 is 279 Å². The van der Waals surface area contributed by atoms with Crippen LogP contribution in [0.15, 0.2) is 76.2 Å². The van der Waals surface area contributed by atoms with Crippen molar-refractivity contribution in [2.24, 2.45) is 14.1 Å². The highest BCUT2D eigenvalue weighted by Gasteiger charge is 2.25. The largest absolute Gasteiger partial charge is 0.301 e. The SMILES string of the molecule is C=C1C=C(CSc2c(Cl)c(Cl)c(Cl)c(Cl)c2Cl)N(C)N1C.Cn1[nH]c(=O)cc1CSc1c(Cl)c(Cl)c(Cl)c(Cl)c1Cl.Cn1[nH]c(CSc2c(Cl)c(Cl)c(Cl)c(Cl)c2Cl)cc1=O.O=c1cc(CSc2c(Cl)c(Cl)c(Cl)c(Cl)c2Cl)[nH][nH]1. The molecule has 8 rings (SSSR count). The predicted molar refractivity (Wildman–Crippen MR) is 352 cm³/mol. The van der Waals surface area contributed by atoms with Gasteiger partial charge in [0.2, 0.25) is 0 Å². The van der Waals surface area contributed by atoms with Gasteiger partial charge in [0.15, 0.2) is 0 Å². The second-order valence-electron chi connectivity index (χ2n) is 15.6. The Bertz CT molecular complexity index is 3610. The van der Waals surface area contributed by atoms with E-state index in [1.165, 1.54) is 69.9 Å². The normalized spacial score (nSPS) is 12.1. The van der Waals surface area contributed by atoms with E-state index < -0.39 is 0 Å². The van der Waals surface area contributed by atoms with Crippen molar-refractivity contribution in [2.45, 2.75) is 36.8 Å². The highest BCUT2D eigenvalue weighted by Crippen LogP contribution is 2.52. The third kappa shape index (κ3) is 17.1. The lowest BCUT2D eigenvalue weighted by Crippen LogP contribution is -2.29. The Morgan fingerprint density at radius 2 is 0.713 bits per heavy atom. The molecule has 1 aliphatic rings. The number of benzene rings is 4. The molecule has 0 radical (unpaired) electrons. The molecule has 4 N–H and O–H groups in total. The lowest BCUT2D eigenvalue weighted by atomic mass is 10.3. The number of nitrogens with zero attached hydrogens (tertiary/aromatic N) is 4. The van der Waals surface area contributed by atoms with E-state index in [0.717, 1.165) is 22.8 Å². The van der Waals surface area contributed by atoms with Gasteiger partial charge in [-0.1, -0.05) is 239 Å². The van der Waals surface area contributed by atoms with Gasteiger partial charge in [0.1, 0.15) is 0 Å². The maximum Gasteiger partial charge on any atom is 0.266 e. The lowest BCUT2D eigenvalue weighted by molar-refractivity contribution is 0.135. The molecule has 1 aliphatic heterocycles. The van der Waals surface area contributed by atoms with E-state index >= 15 is 0 Å². The van der Waals surface area contributed by atoms with Gasteiger partial charge in [-0.3, -0.25) is 49.1 Å². The van der Waals surface area contributed by atoms with Gasteiger partial charge in [-0.05, 0) is 6.08 Å². The smallest absolute Gasteiger partial charge is 0.266 e. The first-order chi connectivity index (χ1) is 37.3. The van der Waals surface area contributed by atoms with Crippen LogP contribution in [0.5, 0.6) is 0 Å². The average molecular weight is 1570 g/mol. The summed E-state index contributed by atoms with van der Waals surface area (Å²) < 4.78 is 3.00. The number of aromatic nitrogens is 6. The number of likely N-dealkylation sites (N-methyl/N-ethyl adjacent to an activating group) is 1. The molecule has 432 valence electrons. The third-order valence-electron chi connectivity index (χ3n) is 10.4. The first-order valence-electron chi connectivity index (χ1n) is 21.0. The fraction of sp³-hybridized carbons (Fsp3) is 0.178. The van der Waals surface area contributed by atoms with Crippen molar-refractivity contribution in [3.05, 3.63) is 191 Å². The van der Waals surface area contributed by atoms with E-state index in [1.54, 1.807) is 18.8 Å². The van der Waals surface area contributed by atoms with Gasteiger partial charge in [-0.15, -0.1) is 47.0 Å². The minimum absolute atomic E-state index is 0.120. The molecule has 0 amide bonds. The molecular formula is C45H30Cl20N8O3S4. The third-order valence-corrected chi connectivity index (χ3v) is 24.9. The number of hydrazine groups is 1. The van der Waals surface area contributed by atoms with Gasteiger partial charge in [-0.2, -0.15) is 0 Å². The number of halogens is 20. The Hall–Kier alpha value is 0.190. The fourth-order valence-electron chi connectivity index (χ4n) is 6.07. The Balaban J connectivity index is 0.000000196. The molecule has 4 aromatic carbocycles. The number of hydrogen-bond donors (Lipinski definition) is 4. The molecule has 35 heteroatoms. The van der Waals surface area contributed by atoms with E-state index in [-0.39, 0.29) is 107 Å². The summed E-state index contributed by atoms with van der Waals surface area (Å²) in [6, 6.07) is 4.43. The summed E-state index contributed by atoms with van der Waals surface area (Å²) in [5.74, 6) is 2.03. The molecule has 7 aromatic rings. The molecule has 4 heterocycles. The Kier molecular flexibility index (Phi) is 27.8. The van der Waals surface area contributed by atoms with Crippen molar-refractivity contribution in [3.8, 4) is 0 Å². The van der Waals surface area contributed by atoms with Crippen LogP contribution in [0.25, 0.3) is 0 Å². The van der Waals surface area contributed by atoms with E-state index in [9.17, 15) is 14.4 Å². The molecule has 0 unspecified atom stereocenters. The molecule has 0 spiro atoms. The summed E-state index contributed by atoms with van der Waals surface area (Å²) in [6.07, 6.45) is 1.99. The molecule has 0 saturated carbocycles. The van der Waals surface area contributed by atoms with Crippen molar-refractivity contribution in [2.75, 3.05) is 19.8 Å². The van der Waals surface area contributed by atoms with Crippen LogP contribution in [-0.4, -0.2) is 59.6 Å². The lowest BCUT2D eigenvalue weighted by Gasteiger charge is -2.26. The Morgan fingerprint density at radius 1 is 0.375 bits per heavy atom. The number of hydrogen-bond acceptors (Lipinski definition) is 9. The van der Waals surface area contributed by atoms with E-state index in [1.807, 2.05) is 30.2 Å². The molecule has 0 saturated heterocycles. The number of nitrogens with one attached hydrogen (secondary N) is 4. The predicted octanol–water partition coefficient (Wildman–Crippen LogP) is 22.0. The van der Waals surface area contributed by atoms with E-state index in [4.69, 9.17) is 232 Å². The molecule has 0 atom stereocenters. The number of aromatic amines is 4. The Labute approximate surface area is 573 Å². The van der Waals surface area contributed by atoms with Crippen LogP contribution in [-0.2, 0) is 31.4 Å². The van der Waals surface area contributed by atoms with Gasteiger partial charge in [-0.25, -0.2) is 0 Å². The van der Waals surface area contributed by atoms with E-state index in [2.05, 4.69) is 27.0 Å². The highest BCUT2D eigenvalue weighted by molar-refractivity contribution is 8.00. The maximum atomic E-state index is 11.3. The maximum absolute atomic E-state index is 11.3. The topological polar surface area (TPSA) is 131 Å². The molecule has 80 heavy (non-hydrogen) atoms. The zero-order valence-corrected chi connectivity index (χ0v) is 58.4. The molecular weight excluding hydrogens is 1540 g/mol. The number of rotatable bonds is 12. The first kappa shape index (κ1) is 70.9. The van der Waals surface area contributed by atoms with Crippen LogP contribution in [0.2, 0.25) is 100 Å². The first-order valence-corrected chi connectivity index (χ1v) is 32.5. The van der Waals surface area contributed by atoms with Gasteiger partial charge >= 0.3 is 0 Å². The van der Waals surface area contributed by atoms with Crippen molar-refractivity contribution >= 4 is 279 Å². The van der Waals surface area contributed by atoms with Crippen molar-refractivity contribution in [1.29, 1.82) is 0 Å². The van der Waals surface area contributed by atoms with Crippen LogP contribution in [0.3, 0.4) is 0 Å². The summed E-state index contributed by atoms with van der Waals surface area (Å²) in [5.41, 5.74) is 3.70. The fourth-order valence-corrected chi connectivity index (χ4v) is 16.2. The minimum atomic E-state index is -0.208. The highest BCUT2D eigenvalue weighted by atomic mass is 35.5. The number of aryl methyl sites for hydroxylation is 2. The number of allylic oxidation sites excluding steroid dienone is 1. The van der Waals surface area contributed by atoms with Crippen LogP contribution in [0.4, 0.5) is 0 Å². The van der Waals surface area contributed by atoms with Crippen LogP contribution in [0.1, 0.15) is 17.1 Å². The summed E-state index contributed by atoms with van der Waals surface area (Å²) in [5, 5.41) is 18.6. The Morgan fingerprint density at radius 3 is 1.00 bits per heavy atom.